The fourth-order valence-electron chi connectivity index (χ4n) is 2.32. The van der Waals surface area contributed by atoms with E-state index in [-0.39, 0.29) is 23.0 Å². The second-order valence-corrected chi connectivity index (χ2v) is 5.97. The Hall–Kier alpha value is -2.67. The van der Waals surface area contributed by atoms with Gasteiger partial charge in [0.05, 0.1) is 31.0 Å². The third-order valence-corrected chi connectivity index (χ3v) is 4.36. The van der Waals surface area contributed by atoms with Crippen molar-refractivity contribution in [3.8, 4) is 17.2 Å². The summed E-state index contributed by atoms with van der Waals surface area (Å²) in [6.07, 6.45) is 0. The molecule has 1 aromatic heterocycles. The number of carbonyl (C=O) groups excluding carboxylic acids is 1. The van der Waals surface area contributed by atoms with Crippen LogP contribution in [0.25, 0.3) is 11.0 Å². The Labute approximate surface area is 142 Å². The van der Waals surface area contributed by atoms with Crippen LogP contribution in [-0.2, 0) is 0 Å². The van der Waals surface area contributed by atoms with Crippen LogP contribution < -0.4 is 9.47 Å². The van der Waals surface area contributed by atoms with Gasteiger partial charge in [-0.1, -0.05) is 23.9 Å². The highest BCUT2D eigenvalue weighted by Crippen LogP contribution is 2.37. The van der Waals surface area contributed by atoms with Gasteiger partial charge in [0.15, 0.2) is 22.4 Å². The van der Waals surface area contributed by atoms with E-state index in [1.54, 1.807) is 6.07 Å². The third kappa shape index (κ3) is 3.16. The van der Waals surface area contributed by atoms with E-state index in [9.17, 15) is 9.90 Å². The maximum atomic E-state index is 12.4. The standard InChI is InChI=1S/C17H16N2O4S/c1-22-15-8-10(7-13(20)16(15)23-2)14(21)9-24-17-18-11-5-3-4-6-12(11)19-17/h3-8,20H,9H2,1-2H3,(H,18,19). The first-order valence-corrected chi connectivity index (χ1v) is 8.16. The number of thioether (sulfide) groups is 1. The lowest BCUT2D eigenvalue weighted by atomic mass is 10.1. The molecule has 0 aliphatic rings. The number of ether oxygens (including phenoxy) is 2. The molecule has 0 fully saturated rings. The van der Waals surface area contributed by atoms with Crippen molar-refractivity contribution in [2.24, 2.45) is 0 Å². The van der Waals surface area contributed by atoms with Crippen LogP contribution in [0.3, 0.4) is 0 Å². The molecule has 0 saturated carbocycles. The van der Waals surface area contributed by atoms with Crippen molar-refractivity contribution in [1.82, 2.24) is 9.97 Å². The normalized spacial score (nSPS) is 10.8. The van der Waals surface area contributed by atoms with E-state index in [1.165, 1.54) is 32.0 Å². The van der Waals surface area contributed by atoms with Gasteiger partial charge in [0, 0.05) is 5.56 Å². The first-order chi connectivity index (χ1) is 11.6. The van der Waals surface area contributed by atoms with E-state index in [4.69, 9.17) is 9.47 Å². The number of H-pyrrole nitrogens is 1. The molecule has 3 aromatic rings. The summed E-state index contributed by atoms with van der Waals surface area (Å²) in [7, 11) is 2.88. The zero-order chi connectivity index (χ0) is 17.1. The minimum absolute atomic E-state index is 0.131. The topological polar surface area (TPSA) is 84.4 Å². The number of Topliss-reactive ketones (excluding diaryl/α,β-unsaturated/α-hetero) is 1. The zero-order valence-corrected chi connectivity index (χ0v) is 14.0. The van der Waals surface area contributed by atoms with Gasteiger partial charge in [0.25, 0.3) is 0 Å². The number of methoxy groups -OCH3 is 2. The van der Waals surface area contributed by atoms with Crippen LogP contribution >= 0.6 is 11.8 Å². The number of fused-ring (bicyclic) bond motifs is 1. The van der Waals surface area contributed by atoms with Gasteiger partial charge in [-0.25, -0.2) is 4.98 Å². The minimum Gasteiger partial charge on any atom is -0.504 e. The molecule has 0 saturated heterocycles. The number of aromatic amines is 1. The molecular formula is C17H16N2O4S. The van der Waals surface area contributed by atoms with E-state index >= 15 is 0 Å². The third-order valence-electron chi connectivity index (χ3n) is 3.49. The number of hydrogen-bond donors (Lipinski definition) is 2. The number of phenolic OH excluding ortho intramolecular Hbond substituents is 1. The fraction of sp³-hybridized carbons (Fsp3) is 0.176. The van der Waals surface area contributed by atoms with Gasteiger partial charge in [-0.3, -0.25) is 4.79 Å². The second kappa shape index (κ2) is 6.84. The molecule has 0 aliphatic heterocycles. The number of rotatable bonds is 6. The number of imidazole rings is 1. The lowest BCUT2D eigenvalue weighted by Gasteiger charge is -2.11. The number of phenols is 1. The molecule has 0 bridgehead atoms. The molecule has 3 rings (SSSR count). The van der Waals surface area contributed by atoms with Crippen LogP contribution in [0.5, 0.6) is 17.2 Å². The van der Waals surface area contributed by atoms with Gasteiger partial charge in [0.1, 0.15) is 0 Å². The van der Waals surface area contributed by atoms with Crippen molar-refractivity contribution in [3.63, 3.8) is 0 Å². The maximum Gasteiger partial charge on any atom is 0.203 e. The van der Waals surface area contributed by atoms with Crippen molar-refractivity contribution in [3.05, 3.63) is 42.0 Å². The summed E-state index contributed by atoms with van der Waals surface area (Å²) < 4.78 is 10.2. The summed E-state index contributed by atoms with van der Waals surface area (Å²) in [5.41, 5.74) is 2.14. The van der Waals surface area contributed by atoms with Crippen LogP contribution in [0.4, 0.5) is 0 Å². The van der Waals surface area contributed by atoms with Gasteiger partial charge in [-0.15, -0.1) is 0 Å². The van der Waals surface area contributed by atoms with Crippen LogP contribution in [0.1, 0.15) is 10.4 Å². The average molecular weight is 344 g/mol. The highest BCUT2D eigenvalue weighted by Gasteiger charge is 2.16. The quantitative estimate of drug-likeness (QED) is 0.527. The Bertz CT molecular complexity index is 858. The molecule has 6 nitrogen and oxygen atoms in total. The van der Waals surface area contributed by atoms with Crippen molar-refractivity contribution >= 4 is 28.6 Å². The lowest BCUT2D eigenvalue weighted by molar-refractivity contribution is 0.102. The smallest absolute Gasteiger partial charge is 0.203 e. The van der Waals surface area contributed by atoms with Crippen molar-refractivity contribution in [2.75, 3.05) is 20.0 Å². The molecule has 0 amide bonds. The number of para-hydroxylation sites is 2. The molecule has 2 N–H and O–H groups in total. The fourth-order valence-corrected chi connectivity index (χ4v) is 3.10. The summed E-state index contributed by atoms with van der Waals surface area (Å²) in [5, 5.41) is 10.6. The molecular weight excluding hydrogens is 328 g/mol. The number of aromatic nitrogens is 2. The summed E-state index contributed by atoms with van der Waals surface area (Å²) in [6, 6.07) is 10.6. The van der Waals surface area contributed by atoms with Crippen molar-refractivity contribution in [1.29, 1.82) is 0 Å². The van der Waals surface area contributed by atoms with Gasteiger partial charge < -0.3 is 19.6 Å². The Morgan fingerprint density at radius 2 is 2.04 bits per heavy atom. The molecule has 0 unspecified atom stereocenters. The molecule has 0 radical (unpaired) electrons. The highest BCUT2D eigenvalue weighted by atomic mass is 32.2. The number of nitrogens with one attached hydrogen (secondary N) is 1. The first kappa shape index (κ1) is 16.2. The van der Waals surface area contributed by atoms with E-state index in [0.29, 0.717) is 16.5 Å². The van der Waals surface area contributed by atoms with Crippen LogP contribution in [0.15, 0.2) is 41.6 Å². The Balaban J connectivity index is 1.76. The van der Waals surface area contributed by atoms with Crippen LogP contribution in [0, 0.1) is 0 Å². The van der Waals surface area contributed by atoms with Gasteiger partial charge in [-0.2, -0.15) is 0 Å². The van der Waals surface area contributed by atoms with Gasteiger partial charge in [-0.05, 0) is 24.3 Å². The lowest BCUT2D eigenvalue weighted by Crippen LogP contribution is -2.04. The summed E-state index contributed by atoms with van der Waals surface area (Å²) >= 11 is 1.31. The summed E-state index contributed by atoms with van der Waals surface area (Å²) in [4.78, 5) is 20.0. The predicted molar refractivity (Wildman–Crippen MR) is 92.4 cm³/mol. The monoisotopic (exact) mass is 344 g/mol. The highest BCUT2D eigenvalue weighted by molar-refractivity contribution is 7.99. The van der Waals surface area contributed by atoms with E-state index < -0.39 is 0 Å². The van der Waals surface area contributed by atoms with E-state index in [2.05, 4.69) is 9.97 Å². The average Bonchev–Trinajstić information content (AvgIpc) is 3.01. The molecule has 24 heavy (non-hydrogen) atoms. The SMILES string of the molecule is COc1cc(C(=O)CSc2nc3ccccc3[nH]2)cc(O)c1OC. The second-order valence-electron chi connectivity index (χ2n) is 5.00. The molecule has 0 atom stereocenters. The van der Waals surface area contributed by atoms with Crippen LogP contribution in [-0.4, -0.2) is 40.8 Å². The van der Waals surface area contributed by atoms with E-state index in [0.717, 1.165) is 11.0 Å². The van der Waals surface area contributed by atoms with Crippen LogP contribution in [0.2, 0.25) is 0 Å². The number of hydrogen-bond acceptors (Lipinski definition) is 6. The zero-order valence-electron chi connectivity index (χ0n) is 13.2. The first-order valence-electron chi connectivity index (χ1n) is 7.18. The number of benzene rings is 2. The molecule has 7 heteroatoms. The molecule has 124 valence electrons. The summed E-state index contributed by atoms with van der Waals surface area (Å²) in [5.74, 6) is 0.439. The number of aromatic hydroxyl groups is 1. The Morgan fingerprint density at radius 1 is 1.25 bits per heavy atom. The predicted octanol–water partition coefficient (Wildman–Crippen LogP) is 3.26. The number of nitrogens with zero attached hydrogens (tertiary/aromatic N) is 1. The molecule has 0 spiro atoms. The Kier molecular flexibility index (Phi) is 4.61. The molecule has 2 aromatic carbocycles. The van der Waals surface area contributed by atoms with Crippen molar-refractivity contribution in [2.45, 2.75) is 5.16 Å². The number of carbonyl (C=O) groups is 1. The van der Waals surface area contributed by atoms with Gasteiger partial charge >= 0.3 is 0 Å². The summed E-state index contributed by atoms with van der Waals surface area (Å²) in [6.45, 7) is 0. The Morgan fingerprint density at radius 3 is 2.75 bits per heavy atom. The minimum atomic E-state index is -0.142. The molecule has 1 heterocycles. The molecule has 0 aliphatic carbocycles. The maximum absolute atomic E-state index is 12.4. The number of ketones is 1. The van der Waals surface area contributed by atoms with E-state index in [1.807, 2.05) is 24.3 Å². The van der Waals surface area contributed by atoms with Gasteiger partial charge in [0.2, 0.25) is 5.75 Å². The largest absolute Gasteiger partial charge is 0.504 e. The van der Waals surface area contributed by atoms with Crippen molar-refractivity contribution < 1.29 is 19.4 Å².